The van der Waals surface area contributed by atoms with Gasteiger partial charge in [0, 0.05) is 49.7 Å². The molecule has 2 aliphatic heterocycles. The van der Waals surface area contributed by atoms with Crippen molar-refractivity contribution in [2.45, 2.75) is 10.1 Å². The minimum absolute atomic E-state index is 0.0525. The molecule has 1 amide bonds. The molecule has 6 nitrogen and oxygen atoms in total. The molecule has 2 aliphatic rings. The summed E-state index contributed by atoms with van der Waals surface area (Å²) in [5, 5.41) is 0. The highest BCUT2D eigenvalue weighted by Crippen LogP contribution is 2.41. The summed E-state index contributed by atoms with van der Waals surface area (Å²) in [6.45, 7) is 2.33. The number of carbonyl (C=O) groups excluding carboxylic acids is 1. The number of amides is 1. The minimum atomic E-state index is -3.76. The maximum atomic E-state index is 14.2. The number of nitrogens with zero attached hydrogens (tertiary/aromatic N) is 3. The van der Waals surface area contributed by atoms with Crippen LogP contribution in [0.1, 0.15) is 11.5 Å². The number of sulfonamides is 1. The Labute approximate surface area is 231 Å². The Kier molecular flexibility index (Phi) is 7.56. The molecule has 11 heteroatoms. The summed E-state index contributed by atoms with van der Waals surface area (Å²) in [6, 6.07) is 17.9. The summed E-state index contributed by atoms with van der Waals surface area (Å²) in [7, 11) is -3.76. The number of carbonyl (C=O) groups is 1. The number of hydrogen-bond acceptors (Lipinski definition) is 5. The predicted molar refractivity (Wildman–Crippen MR) is 146 cm³/mol. The van der Waals surface area contributed by atoms with E-state index in [2.05, 4.69) is 31.9 Å². The van der Waals surface area contributed by atoms with Crippen molar-refractivity contribution in [3.63, 3.8) is 0 Å². The van der Waals surface area contributed by atoms with Gasteiger partial charge in [0.05, 0.1) is 15.4 Å². The molecule has 0 spiro atoms. The Balaban J connectivity index is 1.36. The van der Waals surface area contributed by atoms with Crippen LogP contribution >= 0.6 is 43.2 Å². The Morgan fingerprint density at radius 3 is 2.25 bits per heavy atom. The van der Waals surface area contributed by atoms with Gasteiger partial charge in [-0.2, -0.15) is 4.31 Å². The fourth-order valence-corrected chi connectivity index (χ4v) is 9.41. The van der Waals surface area contributed by atoms with Crippen molar-refractivity contribution in [1.29, 1.82) is 0 Å². The third-order valence-corrected chi connectivity index (χ3v) is 12.4. The standard InChI is InChI=1S/C25H24Br2FN3O3S2/c26-20-14-23(35-24(20)27)36(33,34)31-15-18(17-6-2-1-3-7-17)19(16-31)25(32)30-12-10-29(11-13-30)22-9-5-4-8-21(22)28/h1-9,14,18-19H,10-13,15-16H2. The van der Waals surface area contributed by atoms with Crippen molar-refractivity contribution in [1.82, 2.24) is 9.21 Å². The summed E-state index contributed by atoms with van der Waals surface area (Å²) >= 11 is 7.90. The maximum Gasteiger partial charge on any atom is 0.252 e. The average molecular weight is 657 g/mol. The first-order chi connectivity index (χ1) is 17.3. The highest BCUT2D eigenvalue weighted by atomic mass is 79.9. The first kappa shape index (κ1) is 25.8. The van der Waals surface area contributed by atoms with Gasteiger partial charge < -0.3 is 9.80 Å². The van der Waals surface area contributed by atoms with E-state index in [1.165, 1.54) is 10.4 Å². The van der Waals surface area contributed by atoms with Crippen molar-refractivity contribution < 1.29 is 17.6 Å². The van der Waals surface area contributed by atoms with Gasteiger partial charge in [0.2, 0.25) is 5.91 Å². The topological polar surface area (TPSA) is 60.9 Å². The minimum Gasteiger partial charge on any atom is -0.366 e. The number of piperazine rings is 1. The lowest BCUT2D eigenvalue weighted by Crippen LogP contribution is -2.51. The van der Waals surface area contributed by atoms with E-state index in [1.807, 2.05) is 35.2 Å². The monoisotopic (exact) mass is 655 g/mol. The van der Waals surface area contributed by atoms with Crippen LogP contribution in [0.3, 0.4) is 0 Å². The van der Waals surface area contributed by atoms with Gasteiger partial charge in [0.15, 0.2) is 0 Å². The van der Waals surface area contributed by atoms with Crippen LogP contribution in [0.4, 0.5) is 10.1 Å². The van der Waals surface area contributed by atoms with Crippen molar-refractivity contribution in [2.24, 2.45) is 5.92 Å². The van der Waals surface area contributed by atoms with Crippen molar-refractivity contribution in [2.75, 3.05) is 44.2 Å². The fourth-order valence-electron chi connectivity index (χ4n) is 4.94. The quantitative estimate of drug-likeness (QED) is 0.381. The van der Waals surface area contributed by atoms with Crippen LogP contribution in [-0.2, 0) is 14.8 Å². The molecular weight excluding hydrogens is 633 g/mol. The van der Waals surface area contributed by atoms with E-state index in [-0.39, 0.29) is 34.9 Å². The van der Waals surface area contributed by atoms with Crippen LogP contribution in [-0.4, -0.2) is 62.8 Å². The smallest absolute Gasteiger partial charge is 0.252 e. The zero-order valence-corrected chi connectivity index (χ0v) is 24.0. The molecule has 0 bridgehead atoms. The molecule has 0 radical (unpaired) electrons. The van der Waals surface area contributed by atoms with E-state index in [4.69, 9.17) is 0 Å². The van der Waals surface area contributed by atoms with Crippen molar-refractivity contribution in [3.8, 4) is 0 Å². The summed E-state index contributed by atoms with van der Waals surface area (Å²) in [5.41, 5.74) is 1.49. The van der Waals surface area contributed by atoms with Crippen molar-refractivity contribution >= 4 is 64.8 Å². The van der Waals surface area contributed by atoms with E-state index in [1.54, 1.807) is 29.2 Å². The molecule has 36 heavy (non-hydrogen) atoms. The van der Waals surface area contributed by atoms with E-state index in [0.29, 0.717) is 40.1 Å². The Morgan fingerprint density at radius 2 is 1.61 bits per heavy atom. The maximum absolute atomic E-state index is 14.2. The van der Waals surface area contributed by atoms with Gasteiger partial charge in [0.1, 0.15) is 10.0 Å². The molecule has 0 saturated carbocycles. The molecule has 0 aliphatic carbocycles. The zero-order chi connectivity index (χ0) is 25.4. The van der Waals surface area contributed by atoms with Crippen LogP contribution in [0.5, 0.6) is 0 Å². The van der Waals surface area contributed by atoms with E-state index in [9.17, 15) is 17.6 Å². The second-order valence-electron chi connectivity index (χ2n) is 8.90. The lowest BCUT2D eigenvalue weighted by Gasteiger charge is -2.38. The Bertz CT molecular complexity index is 1340. The van der Waals surface area contributed by atoms with Gasteiger partial charge in [-0.25, -0.2) is 12.8 Å². The first-order valence-corrected chi connectivity index (χ1v) is 15.4. The van der Waals surface area contributed by atoms with Crippen LogP contribution in [0.2, 0.25) is 0 Å². The Morgan fingerprint density at radius 1 is 0.944 bits per heavy atom. The molecule has 5 rings (SSSR count). The highest BCUT2D eigenvalue weighted by molar-refractivity contribution is 9.13. The molecule has 3 aromatic rings. The van der Waals surface area contributed by atoms with Crippen LogP contribution < -0.4 is 4.90 Å². The number of rotatable bonds is 5. The van der Waals surface area contributed by atoms with E-state index < -0.39 is 15.9 Å². The molecule has 0 N–H and O–H groups in total. The first-order valence-electron chi connectivity index (χ1n) is 11.5. The predicted octanol–water partition coefficient (Wildman–Crippen LogP) is 5.17. The second-order valence-corrected chi connectivity index (χ2v) is 14.3. The van der Waals surface area contributed by atoms with Gasteiger partial charge in [0.25, 0.3) is 10.0 Å². The number of halogens is 3. The molecule has 2 saturated heterocycles. The van der Waals surface area contributed by atoms with Crippen molar-refractivity contribution in [3.05, 3.63) is 80.3 Å². The molecule has 1 aromatic heterocycles. The van der Waals surface area contributed by atoms with Crippen LogP contribution in [0, 0.1) is 11.7 Å². The summed E-state index contributed by atoms with van der Waals surface area (Å²) in [6.07, 6.45) is 0. The van der Waals surface area contributed by atoms with Crippen LogP contribution in [0.15, 0.2) is 73.1 Å². The van der Waals surface area contributed by atoms with E-state index >= 15 is 0 Å². The normalized spacial score (nSPS) is 21.2. The third-order valence-electron chi connectivity index (χ3n) is 6.83. The highest BCUT2D eigenvalue weighted by Gasteiger charge is 2.45. The fraction of sp³-hybridized carbons (Fsp3) is 0.320. The number of thiophene rings is 1. The van der Waals surface area contributed by atoms with Gasteiger partial charge in [-0.15, -0.1) is 11.3 Å². The summed E-state index contributed by atoms with van der Waals surface area (Å²) < 4.78 is 44.3. The van der Waals surface area contributed by atoms with Gasteiger partial charge in [-0.05, 0) is 55.6 Å². The Hall–Kier alpha value is -1.79. The van der Waals surface area contributed by atoms with Crippen LogP contribution in [0.25, 0.3) is 0 Å². The number of benzene rings is 2. The van der Waals surface area contributed by atoms with Gasteiger partial charge in [-0.3, -0.25) is 4.79 Å². The summed E-state index contributed by atoms with van der Waals surface area (Å²) in [4.78, 5) is 17.5. The third kappa shape index (κ3) is 5.00. The largest absolute Gasteiger partial charge is 0.366 e. The molecular formula is C25H24Br2FN3O3S2. The lowest BCUT2D eigenvalue weighted by molar-refractivity contribution is -0.135. The number of anilines is 1. The van der Waals surface area contributed by atoms with Gasteiger partial charge >= 0.3 is 0 Å². The number of para-hydroxylation sites is 1. The SMILES string of the molecule is O=C(C1CN(S(=O)(=O)c2cc(Br)c(Br)s2)CC1c1ccccc1)N1CCN(c2ccccc2F)CC1. The molecule has 2 aromatic carbocycles. The average Bonchev–Trinajstić information content (AvgIpc) is 3.49. The molecule has 2 unspecified atom stereocenters. The van der Waals surface area contributed by atoms with Gasteiger partial charge in [-0.1, -0.05) is 42.5 Å². The molecule has 190 valence electrons. The molecule has 2 fully saturated rings. The summed E-state index contributed by atoms with van der Waals surface area (Å²) in [5.74, 6) is -1.06. The second kappa shape index (κ2) is 10.5. The lowest BCUT2D eigenvalue weighted by atomic mass is 9.88. The number of hydrogen-bond donors (Lipinski definition) is 0. The zero-order valence-electron chi connectivity index (χ0n) is 19.2. The molecule has 3 heterocycles. The van der Waals surface area contributed by atoms with E-state index in [0.717, 1.165) is 16.9 Å². The molecule has 2 atom stereocenters.